The molecular weight excluding hydrogens is 398 g/mol. The lowest BCUT2D eigenvalue weighted by molar-refractivity contribution is 0.0746. The van der Waals surface area contributed by atoms with E-state index < -0.39 is 10.0 Å². The Kier molecular flexibility index (Phi) is 5.42. The maximum atomic E-state index is 13.0. The van der Waals surface area contributed by atoms with Gasteiger partial charge in [-0.05, 0) is 50.6 Å². The summed E-state index contributed by atoms with van der Waals surface area (Å²) in [5.74, 6) is 1.26. The van der Waals surface area contributed by atoms with Gasteiger partial charge in [0, 0.05) is 7.05 Å². The van der Waals surface area contributed by atoms with Gasteiger partial charge in [0.2, 0.25) is 10.0 Å². The van der Waals surface area contributed by atoms with Gasteiger partial charge in [0.25, 0.3) is 5.91 Å². The number of rotatable bonds is 5. The average Bonchev–Trinajstić information content (AvgIpc) is 3.25. The lowest BCUT2D eigenvalue weighted by Crippen LogP contribution is -2.29. The van der Waals surface area contributed by atoms with Crippen LogP contribution in [0.25, 0.3) is 10.8 Å². The Labute approximate surface area is 167 Å². The minimum Gasteiger partial charge on any atom is -0.459 e. The van der Waals surface area contributed by atoms with Crippen LogP contribution in [0.1, 0.15) is 39.7 Å². The van der Waals surface area contributed by atoms with Crippen LogP contribution in [0, 0.1) is 13.8 Å². The molecule has 1 unspecified atom stereocenters. The Hall–Kier alpha value is -2.49. The summed E-state index contributed by atoms with van der Waals surface area (Å²) in [6.45, 7) is 5.52. The second-order valence-corrected chi connectivity index (χ2v) is 9.11. The lowest BCUT2D eigenvalue weighted by Gasteiger charge is -2.25. The van der Waals surface area contributed by atoms with E-state index in [9.17, 15) is 13.2 Å². The van der Waals surface area contributed by atoms with Gasteiger partial charge in [-0.25, -0.2) is 18.5 Å². The van der Waals surface area contributed by atoms with Crippen molar-refractivity contribution in [3.05, 3.63) is 58.3 Å². The number of aryl methyl sites for hydroxylation is 2. The summed E-state index contributed by atoms with van der Waals surface area (Å²) < 4.78 is 28.4. The van der Waals surface area contributed by atoms with Gasteiger partial charge in [0.15, 0.2) is 10.8 Å². The van der Waals surface area contributed by atoms with Crippen LogP contribution in [0.5, 0.6) is 0 Å². The van der Waals surface area contributed by atoms with E-state index in [1.807, 2.05) is 26.0 Å². The minimum absolute atomic E-state index is 0.0362. The van der Waals surface area contributed by atoms with Gasteiger partial charge >= 0.3 is 0 Å². The van der Waals surface area contributed by atoms with Crippen LogP contribution in [-0.2, 0) is 10.0 Å². The molecule has 148 valence electrons. The number of nitrogens with two attached hydrogens (primary N) is 1. The molecule has 0 radical (unpaired) electrons. The number of nitrogens with zero attached hydrogens (tertiary/aromatic N) is 2. The highest BCUT2D eigenvalue weighted by Gasteiger charge is 2.24. The van der Waals surface area contributed by atoms with E-state index in [2.05, 4.69) is 4.98 Å². The summed E-state index contributed by atoms with van der Waals surface area (Å²) in [6, 6.07) is 9.62. The molecule has 2 heterocycles. The maximum absolute atomic E-state index is 13.0. The third-order valence-electron chi connectivity index (χ3n) is 4.53. The summed E-state index contributed by atoms with van der Waals surface area (Å²) in [5.41, 5.74) is 1.44. The first-order valence-corrected chi connectivity index (χ1v) is 10.9. The molecule has 1 aromatic carbocycles. The number of carbonyl (C=O) groups excluding carboxylic acids is 1. The monoisotopic (exact) mass is 419 g/mol. The Bertz CT molecular complexity index is 1110. The number of furan rings is 1. The van der Waals surface area contributed by atoms with E-state index in [-0.39, 0.29) is 16.8 Å². The van der Waals surface area contributed by atoms with E-state index in [4.69, 9.17) is 9.56 Å². The fraction of sp³-hybridized carbons (Fsp3) is 0.263. The Morgan fingerprint density at radius 1 is 1.18 bits per heavy atom. The molecule has 2 N–H and O–H groups in total. The summed E-state index contributed by atoms with van der Waals surface area (Å²) in [4.78, 5) is 19.6. The highest BCUT2D eigenvalue weighted by molar-refractivity contribution is 7.89. The number of benzene rings is 1. The molecule has 0 saturated heterocycles. The minimum atomic E-state index is -3.75. The van der Waals surface area contributed by atoms with Crippen LogP contribution in [-0.4, -0.2) is 31.3 Å². The Morgan fingerprint density at radius 2 is 1.82 bits per heavy atom. The molecule has 3 aromatic rings. The summed E-state index contributed by atoms with van der Waals surface area (Å²) >= 11 is 1.29. The van der Waals surface area contributed by atoms with Gasteiger partial charge in [-0.2, -0.15) is 0 Å². The Balaban J connectivity index is 1.83. The first kappa shape index (κ1) is 20.2. The number of aromatic nitrogens is 1. The molecule has 9 heteroatoms. The first-order chi connectivity index (χ1) is 13.1. The van der Waals surface area contributed by atoms with E-state index in [0.717, 1.165) is 11.3 Å². The van der Waals surface area contributed by atoms with E-state index in [0.29, 0.717) is 21.3 Å². The number of sulfonamides is 1. The average molecular weight is 420 g/mol. The second-order valence-electron chi connectivity index (χ2n) is 6.55. The zero-order valence-electron chi connectivity index (χ0n) is 16.0. The quantitative estimate of drug-likeness (QED) is 0.681. The number of carbonyl (C=O) groups is 1. The summed E-state index contributed by atoms with van der Waals surface area (Å²) in [5, 5.41) is 5.79. The van der Waals surface area contributed by atoms with Crippen molar-refractivity contribution < 1.29 is 17.6 Å². The number of hydrogen-bond acceptors (Lipinski definition) is 6. The van der Waals surface area contributed by atoms with Crippen molar-refractivity contribution in [3.8, 4) is 10.8 Å². The van der Waals surface area contributed by atoms with E-state index in [1.54, 1.807) is 31.0 Å². The van der Waals surface area contributed by atoms with Crippen molar-refractivity contribution >= 4 is 27.3 Å². The van der Waals surface area contributed by atoms with Gasteiger partial charge in [0.1, 0.15) is 10.6 Å². The van der Waals surface area contributed by atoms with Crippen LogP contribution >= 0.6 is 11.3 Å². The zero-order chi connectivity index (χ0) is 20.6. The van der Waals surface area contributed by atoms with Crippen molar-refractivity contribution in [2.75, 3.05) is 7.05 Å². The van der Waals surface area contributed by atoms with Crippen LogP contribution in [0.15, 0.2) is 45.7 Å². The number of thiazole rings is 1. The molecule has 0 saturated carbocycles. The van der Waals surface area contributed by atoms with Crippen molar-refractivity contribution in [1.82, 2.24) is 9.88 Å². The number of primary sulfonamides is 1. The molecule has 0 aliphatic rings. The molecule has 0 aliphatic carbocycles. The van der Waals surface area contributed by atoms with Gasteiger partial charge in [-0.3, -0.25) is 4.79 Å². The highest BCUT2D eigenvalue weighted by atomic mass is 32.2. The van der Waals surface area contributed by atoms with Crippen molar-refractivity contribution in [2.24, 2.45) is 5.14 Å². The van der Waals surface area contributed by atoms with Crippen molar-refractivity contribution in [3.63, 3.8) is 0 Å². The normalized spacial score (nSPS) is 12.8. The van der Waals surface area contributed by atoms with E-state index >= 15 is 0 Å². The van der Waals surface area contributed by atoms with E-state index in [1.165, 1.54) is 23.5 Å². The third-order valence-corrected chi connectivity index (χ3v) is 6.62. The van der Waals surface area contributed by atoms with Crippen LogP contribution in [0.3, 0.4) is 0 Å². The first-order valence-electron chi connectivity index (χ1n) is 8.52. The molecular formula is C19H21N3O4S2. The lowest BCUT2D eigenvalue weighted by atomic mass is 10.1. The predicted octanol–water partition coefficient (Wildman–Crippen LogP) is 3.50. The Morgan fingerprint density at radius 3 is 2.36 bits per heavy atom. The number of hydrogen-bond donors (Lipinski definition) is 1. The number of amides is 1. The van der Waals surface area contributed by atoms with Gasteiger partial charge in [-0.1, -0.05) is 12.1 Å². The molecule has 0 fully saturated rings. The third kappa shape index (κ3) is 4.01. The van der Waals surface area contributed by atoms with Crippen molar-refractivity contribution in [2.45, 2.75) is 31.7 Å². The van der Waals surface area contributed by atoms with Gasteiger partial charge in [0.05, 0.1) is 16.6 Å². The molecule has 28 heavy (non-hydrogen) atoms. The van der Waals surface area contributed by atoms with Crippen molar-refractivity contribution in [1.29, 1.82) is 0 Å². The van der Waals surface area contributed by atoms with Crippen LogP contribution < -0.4 is 5.14 Å². The SMILES string of the molecule is Cc1ccc(-c2nc(C)c(C(=O)N(C)C(C)c3ccc(S(N)(=O)=O)cc3)s2)o1. The largest absolute Gasteiger partial charge is 0.459 e. The molecule has 3 rings (SSSR count). The maximum Gasteiger partial charge on any atom is 0.266 e. The fourth-order valence-corrected chi connectivity index (χ4v) is 4.27. The molecule has 7 nitrogen and oxygen atoms in total. The van der Waals surface area contributed by atoms with Crippen LogP contribution in [0.4, 0.5) is 0 Å². The van der Waals surface area contributed by atoms with Gasteiger partial charge < -0.3 is 9.32 Å². The topological polar surface area (TPSA) is 106 Å². The molecule has 0 spiro atoms. The van der Waals surface area contributed by atoms with Gasteiger partial charge in [-0.15, -0.1) is 11.3 Å². The highest BCUT2D eigenvalue weighted by Crippen LogP contribution is 2.31. The summed E-state index contributed by atoms with van der Waals surface area (Å²) in [7, 11) is -2.04. The molecule has 2 aromatic heterocycles. The molecule has 1 atom stereocenters. The second kappa shape index (κ2) is 7.50. The van der Waals surface area contributed by atoms with Crippen LogP contribution in [0.2, 0.25) is 0 Å². The standard InChI is InChI=1S/C19H21N3O4S2/c1-11-5-10-16(26-11)18-21-12(2)17(27-18)19(23)22(4)13(3)14-6-8-15(9-7-14)28(20,24)25/h5-10,13H,1-4H3,(H2,20,24,25). The fourth-order valence-electron chi connectivity index (χ4n) is 2.75. The molecule has 0 aliphatic heterocycles. The zero-order valence-corrected chi connectivity index (χ0v) is 17.6. The molecule has 0 bridgehead atoms. The summed E-state index contributed by atoms with van der Waals surface area (Å²) in [6.07, 6.45) is 0. The smallest absolute Gasteiger partial charge is 0.266 e. The predicted molar refractivity (Wildman–Crippen MR) is 108 cm³/mol. The molecule has 1 amide bonds.